The van der Waals surface area contributed by atoms with E-state index < -0.39 is 0 Å². The lowest BCUT2D eigenvalue weighted by Gasteiger charge is -2.17. The number of nitrogens with zero attached hydrogens (tertiary/aromatic N) is 4. The van der Waals surface area contributed by atoms with Gasteiger partial charge >= 0.3 is 0 Å². The smallest absolute Gasteiger partial charge is 0.262 e. The molecule has 1 aliphatic carbocycles. The molecule has 0 amide bonds. The maximum Gasteiger partial charge on any atom is 0.262 e. The number of aryl methyl sites for hydroxylation is 1. The Morgan fingerprint density at radius 2 is 2.20 bits per heavy atom. The van der Waals surface area contributed by atoms with Crippen LogP contribution in [0.3, 0.4) is 0 Å². The standard InChI is InChI=1S/C18H22N4O2S/c1-10-5-6-11-12(7-10)25-15-14(11)16(23)22(9-19-15)8-13-20-17(21-24-13)18(2,3)4/h9-10H,5-8H2,1-4H3. The molecule has 7 heteroatoms. The van der Waals surface area contributed by atoms with Crippen molar-refractivity contribution in [2.75, 3.05) is 0 Å². The molecule has 3 aromatic rings. The van der Waals surface area contributed by atoms with Crippen LogP contribution in [-0.2, 0) is 24.8 Å². The van der Waals surface area contributed by atoms with E-state index in [1.54, 1.807) is 22.2 Å². The second kappa shape index (κ2) is 5.76. The molecule has 1 aliphatic rings. The minimum absolute atomic E-state index is 0.00689. The van der Waals surface area contributed by atoms with Gasteiger partial charge in [0.1, 0.15) is 11.4 Å². The topological polar surface area (TPSA) is 73.8 Å². The number of rotatable bonds is 2. The fraction of sp³-hybridized carbons (Fsp3) is 0.556. The molecule has 25 heavy (non-hydrogen) atoms. The monoisotopic (exact) mass is 358 g/mol. The van der Waals surface area contributed by atoms with Crippen molar-refractivity contribution < 1.29 is 4.52 Å². The van der Waals surface area contributed by atoms with Gasteiger partial charge in [-0.1, -0.05) is 32.9 Å². The van der Waals surface area contributed by atoms with Crippen LogP contribution in [0.5, 0.6) is 0 Å². The zero-order chi connectivity index (χ0) is 17.8. The molecule has 0 bridgehead atoms. The second-order valence-electron chi connectivity index (χ2n) is 7.97. The van der Waals surface area contributed by atoms with E-state index in [0.29, 0.717) is 17.6 Å². The first-order valence-electron chi connectivity index (χ1n) is 8.65. The Morgan fingerprint density at radius 3 is 2.92 bits per heavy atom. The molecule has 1 atom stereocenters. The Morgan fingerprint density at radius 1 is 1.40 bits per heavy atom. The van der Waals surface area contributed by atoms with Gasteiger partial charge < -0.3 is 4.52 Å². The molecule has 0 N–H and O–H groups in total. The highest BCUT2D eigenvalue weighted by molar-refractivity contribution is 7.18. The number of hydrogen-bond acceptors (Lipinski definition) is 6. The Hall–Kier alpha value is -2.02. The van der Waals surface area contributed by atoms with Gasteiger partial charge in [-0.2, -0.15) is 4.98 Å². The predicted octanol–water partition coefficient (Wildman–Crippen LogP) is 3.31. The van der Waals surface area contributed by atoms with E-state index in [0.717, 1.165) is 29.5 Å². The van der Waals surface area contributed by atoms with Gasteiger partial charge in [0.2, 0.25) is 5.89 Å². The van der Waals surface area contributed by atoms with Crippen molar-refractivity contribution >= 4 is 21.6 Å². The maximum atomic E-state index is 13.0. The molecule has 4 rings (SSSR count). The van der Waals surface area contributed by atoms with Crippen LogP contribution in [0.1, 0.15) is 56.3 Å². The summed E-state index contributed by atoms with van der Waals surface area (Å²) in [5, 5.41) is 4.81. The lowest BCUT2D eigenvalue weighted by molar-refractivity contribution is 0.356. The average Bonchev–Trinajstić information content (AvgIpc) is 3.13. The summed E-state index contributed by atoms with van der Waals surface area (Å²) >= 11 is 1.66. The van der Waals surface area contributed by atoms with Gasteiger partial charge in [0.25, 0.3) is 5.56 Å². The normalized spacial score (nSPS) is 17.8. The van der Waals surface area contributed by atoms with Crippen LogP contribution in [-0.4, -0.2) is 19.7 Å². The number of fused-ring (bicyclic) bond motifs is 3. The van der Waals surface area contributed by atoms with E-state index in [-0.39, 0.29) is 17.5 Å². The molecule has 0 aromatic carbocycles. The summed E-state index contributed by atoms with van der Waals surface area (Å²) in [6, 6.07) is 0. The molecular weight excluding hydrogens is 336 g/mol. The molecule has 3 heterocycles. The third-order valence-electron chi connectivity index (χ3n) is 4.73. The Labute approximate surface area is 149 Å². The van der Waals surface area contributed by atoms with Crippen molar-refractivity contribution in [2.24, 2.45) is 5.92 Å². The third-order valence-corrected chi connectivity index (χ3v) is 5.89. The van der Waals surface area contributed by atoms with Gasteiger partial charge in [0.15, 0.2) is 5.82 Å². The van der Waals surface area contributed by atoms with Gasteiger partial charge in [-0.3, -0.25) is 9.36 Å². The minimum Gasteiger partial charge on any atom is -0.337 e. The minimum atomic E-state index is -0.182. The second-order valence-corrected chi connectivity index (χ2v) is 9.05. The molecule has 0 aliphatic heterocycles. The van der Waals surface area contributed by atoms with Crippen LogP contribution in [0.4, 0.5) is 0 Å². The largest absolute Gasteiger partial charge is 0.337 e. The maximum absolute atomic E-state index is 13.0. The van der Waals surface area contributed by atoms with E-state index in [2.05, 4.69) is 22.0 Å². The Kier molecular flexibility index (Phi) is 3.79. The lowest BCUT2D eigenvalue weighted by Crippen LogP contribution is -2.22. The highest BCUT2D eigenvalue weighted by atomic mass is 32.1. The fourth-order valence-electron chi connectivity index (χ4n) is 3.25. The van der Waals surface area contributed by atoms with Crippen molar-refractivity contribution in [1.82, 2.24) is 19.7 Å². The zero-order valence-corrected chi connectivity index (χ0v) is 15.8. The molecular formula is C18H22N4O2S. The van der Waals surface area contributed by atoms with Crippen molar-refractivity contribution in [3.8, 4) is 0 Å². The first-order chi connectivity index (χ1) is 11.8. The van der Waals surface area contributed by atoms with Crippen LogP contribution < -0.4 is 5.56 Å². The highest BCUT2D eigenvalue weighted by Crippen LogP contribution is 2.35. The summed E-state index contributed by atoms with van der Waals surface area (Å²) in [7, 11) is 0. The first kappa shape index (κ1) is 16.4. The van der Waals surface area contributed by atoms with Crippen molar-refractivity contribution in [2.45, 2.75) is 58.9 Å². The van der Waals surface area contributed by atoms with Crippen LogP contribution in [0.15, 0.2) is 15.6 Å². The number of hydrogen-bond donors (Lipinski definition) is 0. The van der Waals surface area contributed by atoms with E-state index in [4.69, 9.17) is 4.52 Å². The van der Waals surface area contributed by atoms with E-state index in [1.807, 2.05) is 20.8 Å². The summed E-state index contributed by atoms with van der Waals surface area (Å²) < 4.78 is 6.90. The average molecular weight is 358 g/mol. The van der Waals surface area contributed by atoms with Gasteiger partial charge in [0.05, 0.1) is 11.7 Å². The molecule has 0 saturated heterocycles. The Balaban J connectivity index is 1.73. The molecule has 1 unspecified atom stereocenters. The predicted molar refractivity (Wildman–Crippen MR) is 97.2 cm³/mol. The SMILES string of the molecule is CC1CCc2c(sc3ncn(Cc4nc(C(C)(C)C)no4)c(=O)c23)C1. The molecule has 3 aromatic heterocycles. The van der Waals surface area contributed by atoms with Crippen LogP contribution in [0.2, 0.25) is 0 Å². The number of thiophene rings is 1. The van der Waals surface area contributed by atoms with Crippen molar-refractivity contribution in [3.63, 3.8) is 0 Å². The quantitative estimate of drug-likeness (QED) is 0.702. The van der Waals surface area contributed by atoms with Gasteiger partial charge in [-0.05, 0) is 30.7 Å². The summed E-state index contributed by atoms with van der Waals surface area (Å²) in [6.45, 7) is 8.60. The van der Waals surface area contributed by atoms with Crippen LogP contribution in [0, 0.1) is 5.92 Å². The highest BCUT2D eigenvalue weighted by Gasteiger charge is 2.24. The van der Waals surface area contributed by atoms with Crippen LogP contribution in [0.25, 0.3) is 10.2 Å². The van der Waals surface area contributed by atoms with E-state index >= 15 is 0 Å². The van der Waals surface area contributed by atoms with Crippen molar-refractivity contribution in [3.05, 3.63) is 38.8 Å². The fourth-order valence-corrected chi connectivity index (χ4v) is 4.59. The summed E-state index contributed by atoms with van der Waals surface area (Å²) in [5.74, 6) is 1.76. The van der Waals surface area contributed by atoms with E-state index in [1.165, 1.54) is 10.4 Å². The van der Waals surface area contributed by atoms with Gasteiger partial charge in [0, 0.05) is 10.3 Å². The molecule has 6 nitrogen and oxygen atoms in total. The van der Waals surface area contributed by atoms with E-state index in [9.17, 15) is 4.79 Å². The third kappa shape index (κ3) is 2.90. The zero-order valence-electron chi connectivity index (χ0n) is 15.0. The molecule has 0 fully saturated rings. The summed E-state index contributed by atoms with van der Waals surface area (Å²) in [6.07, 6.45) is 4.74. The Bertz CT molecular complexity index is 993. The lowest BCUT2D eigenvalue weighted by atomic mass is 9.89. The molecule has 132 valence electrons. The van der Waals surface area contributed by atoms with Crippen molar-refractivity contribution in [1.29, 1.82) is 0 Å². The van der Waals surface area contributed by atoms with Gasteiger partial charge in [-0.25, -0.2) is 4.98 Å². The summed E-state index contributed by atoms with van der Waals surface area (Å²) in [5.41, 5.74) is 1.01. The molecule has 0 spiro atoms. The van der Waals surface area contributed by atoms with Crippen LogP contribution >= 0.6 is 11.3 Å². The molecule has 0 radical (unpaired) electrons. The first-order valence-corrected chi connectivity index (χ1v) is 9.47. The summed E-state index contributed by atoms with van der Waals surface area (Å²) in [4.78, 5) is 24.1. The number of aromatic nitrogens is 4. The molecule has 0 saturated carbocycles. The van der Waals surface area contributed by atoms with Gasteiger partial charge in [-0.15, -0.1) is 11.3 Å².